The monoisotopic (exact) mass is 1240 g/mol. The summed E-state index contributed by atoms with van der Waals surface area (Å²) in [6.45, 7) is 12.3. The van der Waals surface area contributed by atoms with Gasteiger partial charge in [0.1, 0.15) is 23.0 Å². The molecule has 0 aliphatic rings. The average Bonchev–Trinajstić information content (AvgIpc) is 1.50. The van der Waals surface area contributed by atoms with Crippen LogP contribution < -0.4 is 29.4 Å². The zero-order valence-electron chi connectivity index (χ0n) is 52.2. The van der Waals surface area contributed by atoms with Crippen molar-refractivity contribution in [3.05, 3.63) is 161 Å². The molecule has 0 heterocycles. The lowest BCUT2D eigenvalue weighted by atomic mass is 10.0. The fourth-order valence-electron chi connectivity index (χ4n) is 9.47. The van der Waals surface area contributed by atoms with Crippen LogP contribution in [0.2, 0.25) is 0 Å². The predicted molar refractivity (Wildman–Crippen MR) is 343 cm³/mol. The van der Waals surface area contributed by atoms with E-state index in [1.165, 1.54) is 54.6 Å². The molecule has 19 nitrogen and oxygen atoms in total. The Morgan fingerprint density at radius 3 is 1.42 bits per heavy atom. The Kier molecular flexibility index (Phi) is 32.9. The highest BCUT2D eigenvalue weighted by molar-refractivity contribution is 6.06. The first-order chi connectivity index (χ1) is 43.7. The summed E-state index contributed by atoms with van der Waals surface area (Å²) in [5, 5.41) is 12.1. The maximum Gasteiger partial charge on any atom is 0.344 e. The molecule has 0 bridgehead atoms. The van der Waals surface area contributed by atoms with Crippen molar-refractivity contribution >= 4 is 47.2 Å². The second kappa shape index (κ2) is 41.3. The lowest BCUT2D eigenvalue weighted by molar-refractivity contribution is -0.386. The van der Waals surface area contributed by atoms with E-state index in [2.05, 4.69) is 20.1 Å². The topological polar surface area (TPSA) is 255 Å². The average molecular weight is 1240 g/mol. The van der Waals surface area contributed by atoms with Crippen molar-refractivity contribution in [2.45, 2.75) is 161 Å². The van der Waals surface area contributed by atoms with Gasteiger partial charge in [-0.15, -0.1) is 0 Å². The molecule has 0 fully saturated rings. The van der Waals surface area contributed by atoms with Crippen LogP contribution in [0.15, 0.2) is 128 Å². The number of rotatable bonds is 45. The summed E-state index contributed by atoms with van der Waals surface area (Å²) in [5.41, 5.74) is 7.02. The first kappa shape index (κ1) is 71.8. The van der Waals surface area contributed by atoms with Crippen molar-refractivity contribution in [3.8, 4) is 39.9 Å². The number of esters is 6. The molecule has 0 amide bonds. The molecule has 0 saturated heterocycles. The van der Waals surface area contributed by atoms with Crippen LogP contribution in [0.3, 0.4) is 0 Å². The lowest BCUT2D eigenvalue weighted by Gasteiger charge is -2.16. The number of anilines is 1. The van der Waals surface area contributed by atoms with Crippen LogP contribution in [-0.4, -0.2) is 86.5 Å². The molecule has 5 aromatic carbocycles. The van der Waals surface area contributed by atoms with Gasteiger partial charge in [0.2, 0.25) is 0 Å². The molecule has 1 atom stereocenters. The van der Waals surface area contributed by atoms with Crippen LogP contribution in [0.25, 0.3) is 11.1 Å². The van der Waals surface area contributed by atoms with Crippen molar-refractivity contribution in [2.24, 2.45) is 0 Å². The molecule has 0 saturated carbocycles. The van der Waals surface area contributed by atoms with Crippen LogP contribution in [0.4, 0.5) is 11.4 Å². The summed E-state index contributed by atoms with van der Waals surface area (Å²) in [5.74, 6) is -2.47. The van der Waals surface area contributed by atoms with Crippen molar-refractivity contribution in [1.29, 1.82) is 0 Å². The van der Waals surface area contributed by atoms with Crippen LogP contribution in [0.1, 0.15) is 197 Å². The zero-order valence-corrected chi connectivity index (χ0v) is 52.2. The summed E-state index contributed by atoms with van der Waals surface area (Å²) < 4.78 is 50.2. The standard InChI is InChI=1S/C71H88N2O17/c1-5-8-9-22-28-52(4)88-65-51-63(72)61(50-64(65)73(80)81)53-29-31-54(32-30-53)68(76)86-47-27-48-87-70(78)62-49-55(69(77)89-58-38-34-56(35-39-58)82-43-23-18-14-10-12-16-20-25-45-84-66(74)6-2)33-42-60(62)71(79)90-59-40-36-57(37-41-59)83-44-24-19-15-11-13-17-21-26-46-85-67(75)7-3/h6-7,29-42,49-52H,2-3,5,8-28,43-48,72H2,1,4H3/t52-/m0/s1. The van der Waals surface area contributed by atoms with Gasteiger partial charge in [-0.05, 0) is 130 Å². The highest BCUT2D eigenvalue weighted by atomic mass is 16.6. The molecule has 5 aromatic rings. The Labute approximate surface area is 528 Å². The molecule has 19 heteroatoms. The SMILES string of the molecule is C=CC(=O)OCCCCCCCCCCOc1ccc(OC(=O)c2ccc(C(=O)Oc3ccc(OCCCCCCCCCCOC(=O)C=C)cc3)c(C(=O)OCCCOC(=O)c3ccc(-c4cc([N+](=O)[O-])c(O[C@@H](C)CCCCCC)cc4N)cc3)c2)cc1. The smallest absolute Gasteiger partial charge is 0.344 e. The van der Waals surface area contributed by atoms with Gasteiger partial charge in [0.25, 0.3) is 0 Å². The summed E-state index contributed by atoms with van der Waals surface area (Å²) in [6, 6.07) is 25.9. The van der Waals surface area contributed by atoms with E-state index >= 15 is 0 Å². The Morgan fingerprint density at radius 1 is 0.478 bits per heavy atom. The number of nitrogens with two attached hydrogens (primary N) is 1. The molecule has 90 heavy (non-hydrogen) atoms. The molecule has 0 aliphatic carbocycles. The second-order valence-corrected chi connectivity index (χ2v) is 21.7. The van der Waals surface area contributed by atoms with Gasteiger partial charge in [0.05, 0.1) is 72.9 Å². The minimum Gasteiger partial charge on any atom is -0.494 e. The number of nitro groups is 1. The van der Waals surface area contributed by atoms with Crippen molar-refractivity contribution in [1.82, 2.24) is 0 Å². The van der Waals surface area contributed by atoms with E-state index in [4.69, 9.17) is 48.4 Å². The predicted octanol–water partition coefficient (Wildman–Crippen LogP) is 15.9. The van der Waals surface area contributed by atoms with E-state index in [-0.39, 0.29) is 76.6 Å². The largest absolute Gasteiger partial charge is 0.494 e. The Bertz CT molecular complexity index is 3070. The van der Waals surface area contributed by atoms with Crippen molar-refractivity contribution in [2.75, 3.05) is 45.4 Å². The van der Waals surface area contributed by atoms with Gasteiger partial charge in [0, 0.05) is 42.0 Å². The van der Waals surface area contributed by atoms with Gasteiger partial charge in [-0.1, -0.05) is 129 Å². The first-order valence-corrected chi connectivity index (χ1v) is 31.5. The molecular weight excluding hydrogens is 1150 g/mol. The Hall–Kier alpha value is -9.00. The zero-order chi connectivity index (χ0) is 64.7. The fourth-order valence-corrected chi connectivity index (χ4v) is 9.47. The third-order valence-electron chi connectivity index (χ3n) is 14.5. The van der Waals surface area contributed by atoms with Crippen LogP contribution in [0.5, 0.6) is 28.7 Å². The first-order valence-electron chi connectivity index (χ1n) is 31.5. The number of carbonyl (C=O) groups is 6. The van der Waals surface area contributed by atoms with E-state index in [1.54, 1.807) is 60.7 Å². The number of hydrogen-bond acceptors (Lipinski definition) is 18. The number of hydrogen-bond donors (Lipinski definition) is 1. The highest BCUT2D eigenvalue weighted by Gasteiger charge is 2.25. The van der Waals surface area contributed by atoms with Crippen molar-refractivity contribution < 1.29 is 76.3 Å². The van der Waals surface area contributed by atoms with E-state index in [0.717, 1.165) is 135 Å². The van der Waals surface area contributed by atoms with Gasteiger partial charge in [-0.25, -0.2) is 28.8 Å². The summed E-state index contributed by atoms with van der Waals surface area (Å²) in [6.07, 6.45) is 23.3. The summed E-state index contributed by atoms with van der Waals surface area (Å²) >= 11 is 0. The van der Waals surface area contributed by atoms with E-state index in [0.29, 0.717) is 49.1 Å². The van der Waals surface area contributed by atoms with Gasteiger partial charge >= 0.3 is 41.5 Å². The number of ether oxygens (including phenoxy) is 9. The van der Waals surface area contributed by atoms with E-state index in [1.807, 2.05) is 6.92 Å². The third-order valence-corrected chi connectivity index (χ3v) is 14.5. The summed E-state index contributed by atoms with van der Waals surface area (Å²) in [4.78, 5) is 88.2. The number of nitro benzene ring substituents is 1. The lowest BCUT2D eigenvalue weighted by Crippen LogP contribution is -2.19. The Balaban J connectivity index is 1.13. The molecular formula is C71H88N2O17. The molecule has 0 radical (unpaired) electrons. The molecule has 484 valence electrons. The number of benzene rings is 5. The number of nitrogens with zero attached hydrogens (tertiary/aromatic N) is 1. The minimum atomic E-state index is -0.954. The number of nitrogen functional groups attached to an aromatic ring is 1. The second-order valence-electron chi connectivity index (χ2n) is 21.7. The van der Waals surface area contributed by atoms with Gasteiger partial charge in [0.15, 0.2) is 5.75 Å². The molecule has 0 unspecified atom stereocenters. The molecule has 2 N–H and O–H groups in total. The van der Waals surface area contributed by atoms with E-state index < -0.39 is 40.7 Å². The Morgan fingerprint density at radius 2 is 0.922 bits per heavy atom. The van der Waals surface area contributed by atoms with Gasteiger partial charge in [-0.3, -0.25) is 10.1 Å². The minimum absolute atomic E-state index is 0.0555. The van der Waals surface area contributed by atoms with Gasteiger partial charge < -0.3 is 48.4 Å². The highest BCUT2D eigenvalue weighted by Crippen LogP contribution is 2.38. The molecule has 0 spiro atoms. The van der Waals surface area contributed by atoms with Crippen LogP contribution >= 0.6 is 0 Å². The van der Waals surface area contributed by atoms with Gasteiger partial charge in [-0.2, -0.15) is 0 Å². The van der Waals surface area contributed by atoms with E-state index in [9.17, 15) is 38.9 Å². The fraction of sp³-hybridized carbons (Fsp3) is 0.437. The van der Waals surface area contributed by atoms with Crippen LogP contribution in [0, 0.1) is 10.1 Å². The number of unbranched alkanes of at least 4 members (excludes halogenated alkanes) is 17. The summed E-state index contributed by atoms with van der Waals surface area (Å²) in [7, 11) is 0. The third kappa shape index (κ3) is 26.8. The molecule has 5 rings (SSSR count). The molecule has 0 aromatic heterocycles. The maximum absolute atomic E-state index is 13.8. The molecule has 0 aliphatic heterocycles. The maximum atomic E-state index is 13.8. The normalized spacial score (nSPS) is 11.1. The van der Waals surface area contributed by atoms with Crippen LogP contribution in [-0.2, 0) is 28.5 Å². The number of carbonyl (C=O) groups excluding carboxylic acids is 6. The quantitative estimate of drug-likeness (QED) is 0.00555. The van der Waals surface area contributed by atoms with Crippen molar-refractivity contribution in [3.63, 3.8) is 0 Å².